The lowest BCUT2D eigenvalue weighted by molar-refractivity contribution is 0.0238. The highest BCUT2D eigenvalue weighted by Crippen LogP contribution is 2.35. The summed E-state index contributed by atoms with van der Waals surface area (Å²) in [6.45, 7) is 2.34. The van der Waals surface area contributed by atoms with Gasteiger partial charge in [0.05, 0.1) is 6.10 Å². The van der Waals surface area contributed by atoms with Crippen molar-refractivity contribution in [1.82, 2.24) is 0 Å². The first-order chi connectivity index (χ1) is 7.27. The molecule has 0 aliphatic heterocycles. The largest absolute Gasteiger partial charge is 0.393 e. The SMILES string of the molecule is CC1CCC(C(O)C2CC=CCC2)CC1. The predicted octanol–water partition coefficient (Wildman–Crippen LogP) is 3.53. The van der Waals surface area contributed by atoms with Gasteiger partial charge in [0.1, 0.15) is 0 Å². The van der Waals surface area contributed by atoms with Gasteiger partial charge in [-0.15, -0.1) is 0 Å². The van der Waals surface area contributed by atoms with Crippen LogP contribution in [0.4, 0.5) is 0 Å². The van der Waals surface area contributed by atoms with Crippen LogP contribution in [0, 0.1) is 17.8 Å². The Morgan fingerprint density at radius 3 is 2.33 bits per heavy atom. The molecule has 0 aromatic carbocycles. The molecule has 1 saturated carbocycles. The monoisotopic (exact) mass is 208 g/mol. The maximum Gasteiger partial charge on any atom is 0.0599 e. The molecule has 1 nitrogen and oxygen atoms in total. The maximum absolute atomic E-state index is 10.4. The lowest BCUT2D eigenvalue weighted by Gasteiger charge is -2.34. The van der Waals surface area contributed by atoms with Gasteiger partial charge < -0.3 is 5.11 Å². The summed E-state index contributed by atoms with van der Waals surface area (Å²) in [6, 6.07) is 0. The molecule has 2 atom stereocenters. The number of rotatable bonds is 2. The Kier molecular flexibility index (Phi) is 3.85. The van der Waals surface area contributed by atoms with E-state index in [9.17, 15) is 5.11 Å². The van der Waals surface area contributed by atoms with E-state index >= 15 is 0 Å². The Labute approximate surface area is 93.6 Å². The molecule has 1 N–H and O–H groups in total. The molecular formula is C14H24O. The maximum atomic E-state index is 10.4. The quantitative estimate of drug-likeness (QED) is 0.688. The highest BCUT2D eigenvalue weighted by atomic mass is 16.3. The Bertz CT molecular complexity index is 213. The number of hydrogen-bond acceptors (Lipinski definition) is 1. The van der Waals surface area contributed by atoms with Crippen LogP contribution in [0.15, 0.2) is 12.2 Å². The van der Waals surface area contributed by atoms with E-state index in [1.165, 1.54) is 38.5 Å². The van der Waals surface area contributed by atoms with Gasteiger partial charge in [0.15, 0.2) is 0 Å². The first-order valence-electron chi connectivity index (χ1n) is 6.60. The van der Waals surface area contributed by atoms with Gasteiger partial charge in [-0.1, -0.05) is 31.9 Å². The molecule has 86 valence electrons. The van der Waals surface area contributed by atoms with E-state index in [4.69, 9.17) is 0 Å². The van der Waals surface area contributed by atoms with E-state index in [1.54, 1.807) is 0 Å². The molecule has 1 heteroatoms. The van der Waals surface area contributed by atoms with Crippen molar-refractivity contribution in [3.63, 3.8) is 0 Å². The summed E-state index contributed by atoms with van der Waals surface area (Å²) >= 11 is 0. The van der Waals surface area contributed by atoms with Crippen molar-refractivity contribution in [2.45, 2.75) is 58.0 Å². The molecule has 2 aliphatic rings. The summed E-state index contributed by atoms with van der Waals surface area (Å²) in [6.07, 6.45) is 13.1. The van der Waals surface area contributed by atoms with Crippen LogP contribution < -0.4 is 0 Å². The van der Waals surface area contributed by atoms with E-state index < -0.39 is 0 Å². The Morgan fingerprint density at radius 1 is 1.00 bits per heavy atom. The average molecular weight is 208 g/mol. The van der Waals surface area contributed by atoms with Crippen LogP contribution in [0.2, 0.25) is 0 Å². The molecule has 2 unspecified atom stereocenters. The van der Waals surface area contributed by atoms with Gasteiger partial charge >= 0.3 is 0 Å². The third kappa shape index (κ3) is 2.84. The molecule has 2 aliphatic carbocycles. The van der Waals surface area contributed by atoms with E-state index in [1.807, 2.05) is 0 Å². The summed E-state index contributed by atoms with van der Waals surface area (Å²) in [4.78, 5) is 0. The molecule has 0 heterocycles. The van der Waals surface area contributed by atoms with E-state index in [0.29, 0.717) is 11.8 Å². The zero-order chi connectivity index (χ0) is 10.7. The molecule has 2 rings (SSSR count). The molecule has 0 aromatic rings. The molecule has 0 bridgehead atoms. The second-order valence-electron chi connectivity index (χ2n) is 5.56. The Morgan fingerprint density at radius 2 is 1.73 bits per heavy atom. The Hall–Kier alpha value is -0.300. The third-order valence-electron chi connectivity index (χ3n) is 4.34. The minimum atomic E-state index is -0.0255. The molecule has 0 saturated heterocycles. The van der Waals surface area contributed by atoms with Crippen LogP contribution in [-0.4, -0.2) is 11.2 Å². The van der Waals surface area contributed by atoms with Gasteiger partial charge in [-0.25, -0.2) is 0 Å². The molecule has 15 heavy (non-hydrogen) atoms. The molecule has 1 fully saturated rings. The first-order valence-corrected chi connectivity index (χ1v) is 6.60. The van der Waals surface area contributed by atoms with Crippen molar-refractivity contribution >= 4 is 0 Å². The fourth-order valence-corrected chi connectivity index (χ4v) is 3.14. The third-order valence-corrected chi connectivity index (χ3v) is 4.34. The number of allylic oxidation sites excluding steroid dienone is 2. The van der Waals surface area contributed by atoms with Crippen LogP contribution in [0.5, 0.6) is 0 Å². The topological polar surface area (TPSA) is 20.2 Å². The number of aliphatic hydroxyl groups is 1. The van der Waals surface area contributed by atoms with Crippen molar-refractivity contribution in [2.24, 2.45) is 17.8 Å². The van der Waals surface area contributed by atoms with Gasteiger partial charge in [0, 0.05) is 0 Å². The predicted molar refractivity (Wildman–Crippen MR) is 63.6 cm³/mol. The van der Waals surface area contributed by atoms with Crippen molar-refractivity contribution in [1.29, 1.82) is 0 Å². The highest BCUT2D eigenvalue weighted by molar-refractivity contribution is 4.94. The minimum Gasteiger partial charge on any atom is -0.393 e. The first kappa shape index (κ1) is 11.2. The van der Waals surface area contributed by atoms with E-state index in [0.717, 1.165) is 12.3 Å². The zero-order valence-electron chi connectivity index (χ0n) is 9.86. The van der Waals surface area contributed by atoms with Gasteiger partial charge in [-0.05, 0) is 49.9 Å². The van der Waals surface area contributed by atoms with E-state index in [-0.39, 0.29) is 6.10 Å². The van der Waals surface area contributed by atoms with Crippen LogP contribution in [0.25, 0.3) is 0 Å². The fraction of sp³-hybridized carbons (Fsp3) is 0.857. The average Bonchev–Trinajstić information content (AvgIpc) is 2.30. The Balaban J connectivity index is 1.84. The van der Waals surface area contributed by atoms with Crippen molar-refractivity contribution in [3.8, 4) is 0 Å². The lowest BCUT2D eigenvalue weighted by Crippen LogP contribution is -2.32. The van der Waals surface area contributed by atoms with Gasteiger partial charge in [-0.2, -0.15) is 0 Å². The lowest BCUT2D eigenvalue weighted by atomic mass is 9.74. The highest BCUT2D eigenvalue weighted by Gasteiger charge is 2.30. The number of aliphatic hydroxyl groups excluding tert-OH is 1. The van der Waals surface area contributed by atoms with E-state index in [2.05, 4.69) is 19.1 Å². The zero-order valence-corrected chi connectivity index (χ0v) is 9.86. The van der Waals surface area contributed by atoms with Crippen LogP contribution in [0.1, 0.15) is 51.9 Å². The van der Waals surface area contributed by atoms with Crippen molar-refractivity contribution < 1.29 is 5.11 Å². The minimum absolute atomic E-state index is 0.0255. The smallest absolute Gasteiger partial charge is 0.0599 e. The fourth-order valence-electron chi connectivity index (χ4n) is 3.14. The molecule has 0 amide bonds. The molecule has 0 aromatic heterocycles. The normalized spacial score (nSPS) is 38.9. The van der Waals surface area contributed by atoms with Gasteiger partial charge in [0.25, 0.3) is 0 Å². The standard InChI is InChI=1S/C14H24O/c1-11-7-9-13(10-8-11)14(15)12-5-3-2-4-6-12/h2-3,11-15H,4-10H2,1H3. The molecule has 0 spiro atoms. The molecule has 0 radical (unpaired) electrons. The van der Waals surface area contributed by atoms with Crippen LogP contribution >= 0.6 is 0 Å². The second kappa shape index (κ2) is 5.16. The molecular weight excluding hydrogens is 184 g/mol. The van der Waals surface area contributed by atoms with Gasteiger partial charge in [-0.3, -0.25) is 0 Å². The summed E-state index contributed by atoms with van der Waals surface area (Å²) in [7, 11) is 0. The summed E-state index contributed by atoms with van der Waals surface area (Å²) < 4.78 is 0. The number of hydrogen-bond donors (Lipinski definition) is 1. The van der Waals surface area contributed by atoms with Crippen molar-refractivity contribution in [3.05, 3.63) is 12.2 Å². The summed E-state index contributed by atoms with van der Waals surface area (Å²) in [5.41, 5.74) is 0. The van der Waals surface area contributed by atoms with Crippen LogP contribution in [0.3, 0.4) is 0 Å². The summed E-state index contributed by atoms with van der Waals surface area (Å²) in [5.74, 6) is 2.03. The van der Waals surface area contributed by atoms with Crippen molar-refractivity contribution in [2.75, 3.05) is 0 Å². The summed E-state index contributed by atoms with van der Waals surface area (Å²) in [5, 5.41) is 10.4. The van der Waals surface area contributed by atoms with Gasteiger partial charge in [0.2, 0.25) is 0 Å². The van der Waals surface area contributed by atoms with Crippen LogP contribution in [-0.2, 0) is 0 Å². The second-order valence-corrected chi connectivity index (χ2v) is 5.56.